The van der Waals surface area contributed by atoms with E-state index in [-0.39, 0.29) is 17.5 Å². The van der Waals surface area contributed by atoms with E-state index in [9.17, 15) is 9.59 Å². The molecule has 0 fully saturated rings. The topological polar surface area (TPSA) is 76.0 Å². The third kappa shape index (κ3) is 3.03. The Hall–Kier alpha value is -2.63. The Labute approximate surface area is 116 Å². The molecule has 2 amide bonds. The molecule has 0 saturated carbocycles. The zero-order valence-electron chi connectivity index (χ0n) is 11.4. The lowest BCUT2D eigenvalue weighted by Crippen LogP contribution is -2.23. The van der Waals surface area contributed by atoms with Crippen LogP contribution in [0.3, 0.4) is 0 Å². The first-order valence-corrected chi connectivity index (χ1v) is 6.30. The maximum atomic E-state index is 12.0. The molecule has 0 bridgehead atoms. The number of hydrogen-bond acceptors (Lipinski definition) is 3. The molecule has 0 radical (unpaired) electrons. The quantitative estimate of drug-likeness (QED) is 0.883. The highest BCUT2D eigenvalue weighted by Gasteiger charge is 2.14. The standard InChI is InChI=1S/C14H16N4O2/c1-3-15-14(20)11-9-12(18(2)17-11)16-13(19)10-7-5-4-6-8-10/h4-9H,3H2,1-2H3,(H,15,20)(H,16,19). The zero-order valence-corrected chi connectivity index (χ0v) is 11.4. The number of nitrogens with one attached hydrogen (secondary N) is 2. The van der Waals surface area contributed by atoms with Gasteiger partial charge in [0.15, 0.2) is 5.69 Å². The number of nitrogens with zero attached hydrogens (tertiary/aromatic N) is 2. The van der Waals surface area contributed by atoms with Crippen LogP contribution >= 0.6 is 0 Å². The second kappa shape index (κ2) is 6.01. The zero-order chi connectivity index (χ0) is 14.5. The van der Waals surface area contributed by atoms with Crippen LogP contribution in [0, 0.1) is 0 Å². The van der Waals surface area contributed by atoms with Gasteiger partial charge in [0.1, 0.15) is 5.82 Å². The van der Waals surface area contributed by atoms with Crippen LogP contribution in [-0.2, 0) is 7.05 Å². The normalized spacial score (nSPS) is 10.1. The van der Waals surface area contributed by atoms with Crippen molar-refractivity contribution >= 4 is 17.6 Å². The number of aryl methyl sites for hydroxylation is 1. The van der Waals surface area contributed by atoms with E-state index in [0.717, 1.165) is 0 Å². The summed E-state index contributed by atoms with van der Waals surface area (Å²) in [5.74, 6) is -0.0283. The number of aromatic nitrogens is 2. The van der Waals surface area contributed by atoms with Gasteiger partial charge in [-0.05, 0) is 19.1 Å². The molecule has 6 nitrogen and oxygen atoms in total. The molecule has 0 aliphatic heterocycles. The van der Waals surface area contributed by atoms with Crippen LogP contribution in [0.1, 0.15) is 27.8 Å². The molecule has 6 heteroatoms. The highest BCUT2D eigenvalue weighted by molar-refractivity contribution is 6.04. The van der Waals surface area contributed by atoms with Gasteiger partial charge in [-0.2, -0.15) is 5.10 Å². The van der Waals surface area contributed by atoms with Gasteiger partial charge in [0.2, 0.25) is 0 Å². The Bertz CT molecular complexity index is 619. The van der Waals surface area contributed by atoms with Crippen molar-refractivity contribution in [2.45, 2.75) is 6.92 Å². The van der Waals surface area contributed by atoms with Gasteiger partial charge in [0, 0.05) is 25.2 Å². The molecule has 0 unspecified atom stereocenters. The Morgan fingerprint density at radius 3 is 2.55 bits per heavy atom. The predicted molar refractivity (Wildman–Crippen MR) is 75.6 cm³/mol. The first-order chi connectivity index (χ1) is 9.61. The average molecular weight is 272 g/mol. The highest BCUT2D eigenvalue weighted by atomic mass is 16.2. The minimum Gasteiger partial charge on any atom is -0.351 e. The SMILES string of the molecule is CCNC(=O)c1cc(NC(=O)c2ccccc2)n(C)n1. The van der Waals surface area contributed by atoms with Gasteiger partial charge >= 0.3 is 0 Å². The van der Waals surface area contributed by atoms with Crippen molar-refractivity contribution in [2.24, 2.45) is 7.05 Å². The summed E-state index contributed by atoms with van der Waals surface area (Å²) in [6.07, 6.45) is 0. The number of amides is 2. The molecule has 2 N–H and O–H groups in total. The number of hydrogen-bond donors (Lipinski definition) is 2. The van der Waals surface area contributed by atoms with Gasteiger partial charge in [-0.25, -0.2) is 0 Å². The average Bonchev–Trinajstić information content (AvgIpc) is 2.81. The molecule has 0 spiro atoms. The van der Waals surface area contributed by atoms with Crippen molar-refractivity contribution in [3.8, 4) is 0 Å². The van der Waals surface area contributed by atoms with Crippen LogP contribution in [0.15, 0.2) is 36.4 Å². The molecule has 0 aliphatic carbocycles. The molecule has 104 valence electrons. The van der Waals surface area contributed by atoms with Gasteiger partial charge in [0.25, 0.3) is 11.8 Å². The van der Waals surface area contributed by atoms with Crippen molar-refractivity contribution in [3.05, 3.63) is 47.7 Å². The lowest BCUT2D eigenvalue weighted by atomic mass is 10.2. The number of anilines is 1. The van der Waals surface area contributed by atoms with Crippen LogP contribution in [0.2, 0.25) is 0 Å². The monoisotopic (exact) mass is 272 g/mol. The Morgan fingerprint density at radius 1 is 1.20 bits per heavy atom. The van der Waals surface area contributed by atoms with Crippen molar-refractivity contribution < 1.29 is 9.59 Å². The van der Waals surface area contributed by atoms with Crippen LogP contribution in [0.25, 0.3) is 0 Å². The largest absolute Gasteiger partial charge is 0.351 e. The van der Waals surface area contributed by atoms with Crippen LogP contribution < -0.4 is 10.6 Å². The molecule has 1 aromatic heterocycles. The van der Waals surface area contributed by atoms with Crippen molar-refractivity contribution in [1.29, 1.82) is 0 Å². The molecule has 1 aromatic carbocycles. The molecule has 0 atom stereocenters. The number of carbonyl (C=O) groups excluding carboxylic acids is 2. The van der Waals surface area contributed by atoms with Gasteiger partial charge < -0.3 is 10.6 Å². The Morgan fingerprint density at radius 2 is 1.90 bits per heavy atom. The number of benzene rings is 1. The second-order valence-electron chi connectivity index (χ2n) is 4.22. The van der Waals surface area contributed by atoms with Gasteiger partial charge in [-0.15, -0.1) is 0 Å². The smallest absolute Gasteiger partial charge is 0.271 e. The Kier molecular flexibility index (Phi) is 4.14. The summed E-state index contributed by atoms with van der Waals surface area (Å²) in [5.41, 5.74) is 0.825. The minimum atomic E-state index is -0.261. The van der Waals surface area contributed by atoms with Crippen molar-refractivity contribution in [3.63, 3.8) is 0 Å². The summed E-state index contributed by atoms with van der Waals surface area (Å²) in [6, 6.07) is 10.4. The van der Waals surface area contributed by atoms with E-state index in [4.69, 9.17) is 0 Å². The van der Waals surface area contributed by atoms with E-state index in [1.54, 1.807) is 37.4 Å². The predicted octanol–water partition coefficient (Wildman–Crippen LogP) is 1.42. The highest BCUT2D eigenvalue weighted by Crippen LogP contribution is 2.11. The van der Waals surface area contributed by atoms with Crippen LogP contribution in [-0.4, -0.2) is 28.1 Å². The summed E-state index contributed by atoms with van der Waals surface area (Å²) >= 11 is 0. The van der Waals surface area contributed by atoms with E-state index >= 15 is 0 Å². The minimum absolute atomic E-state index is 0.240. The summed E-state index contributed by atoms with van der Waals surface area (Å²) in [7, 11) is 1.67. The fraction of sp³-hybridized carbons (Fsp3) is 0.214. The fourth-order valence-electron chi connectivity index (χ4n) is 1.72. The third-order valence-corrected chi connectivity index (χ3v) is 2.73. The molecule has 0 aliphatic rings. The van der Waals surface area contributed by atoms with Crippen LogP contribution in [0.5, 0.6) is 0 Å². The maximum Gasteiger partial charge on any atom is 0.271 e. The fourth-order valence-corrected chi connectivity index (χ4v) is 1.72. The lowest BCUT2D eigenvalue weighted by molar-refractivity contribution is 0.0949. The van der Waals surface area contributed by atoms with E-state index in [0.29, 0.717) is 17.9 Å². The summed E-state index contributed by atoms with van der Waals surface area (Å²) < 4.78 is 1.46. The molecular formula is C14H16N4O2. The summed E-state index contributed by atoms with van der Waals surface area (Å²) in [6.45, 7) is 2.36. The van der Waals surface area contributed by atoms with Crippen LogP contribution in [0.4, 0.5) is 5.82 Å². The van der Waals surface area contributed by atoms with E-state index in [1.165, 1.54) is 4.68 Å². The molecule has 20 heavy (non-hydrogen) atoms. The maximum absolute atomic E-state index is 12.0. The van der Waals surface area contributed by atoms with E-state index < -0.39 is 0 Å². The molecule has 0 saturated heterocycles. The van der Waals surface area contributed by atoms with E-state index in [2.05, 4.69) is 15.7 Å². The second-order valence-corrected chi connectivity index (χ2v) is 4.22. The van der Waals surface area contributed by atoms with Gasteiger partial charge in [-0.3, -0.25) is 14.3 Å². The summed E-state index contributed by atoms with van der Waals surface area (Å²) in [4.78, 5) is 23.7. The Balaban J connectivity index is 2.14. The molecule has 1 heterocycles. The van der Waals surface area contributed by atoms with Gasteiger partial charge in [-0.1, -0.05) is 18.2 Å². The number of carbonyl (C=O) groups is 2. The molecular weight excluding hydrogens is 256 g/mol. The first kappa shape index (κ1) is 13.8. The van der Waals surface area contributed by atoms with Crippen molar-refractivity contribution in [2.75, 3.05) is 11.9 Å². The van der Waals surface area contributed by atoms with E-state index in [1.807, 2.05) is 13.0 Å². The first-order valence-electron chi connectivity index (χ1n) is 6.30. The summed E-state index contributed by atoms with van der Waals surface area (Å²) in [5, 5.41) is 9.45. The third-order valence-electron chi connectivity index (χ3n) is 2.73. The van der Waals surface area contributed by atoms with Crippen molar-refractivity contribution in [1.82, 2.24) is 15.1 Å². The molecule has 2 rings (SSSR count). The van der Waals surface area contributed by atoms with Gasteiger partial charge in [0.05, 0.1) is 0 Å². The molecule has 2 aromatic rings. The number of rotatable bonds is 4. The lowest BCUT2D eigenvalue weighted by Gasteiger charge is -2.04.